The van der Waals surface area contributed by atoms with Crippen LogP contribution in [-0.2, 0) is 11.3 Å². The van der Waals surface area contributed by atoms with Gasteiger partial charge in [-0.15, -0.1) is 0 Å². The van der Waals surface area contributed by atoms with E-state index in [4.69, 9.17) is 20.2 Å². The molecule has 170 valence electrons. The Labute approximate surface area is 188 Å². The fourth-order valence-electron chi connectivity index (χ4n) is 4.43. The van der Waals surface area contributed by atoms with Crippen molar-refractivity contribution in [2.24, 2.45) is 0 Å². The lowest BCUT2D eigenvalue weighted by Gasteiger charge is -2.32. The van der Waals surface area contributed by atoms with E-state index in [1.54, 1.807) is 14.2 Å². The Balaban J connectivity index is 1.48. The van der Waals surface area contributed by atoms with Gasteiger partial charge in [-0.2, -0.15) is 5.10 Å². The Morgan fingerprint density at radius 1 is 1.09 bits per heavy atom. The minimum Gasteiger partial charge on any atom is -0.493 e. The molecule has 0 atom stereocenters. The molecule has 1 amide bonds. The van der Waals surface area contributed by atoms with Gasteiger partial charge in [0.1, 0.15) is 6.54 Å². The van der Waals surface area contributed by atoms with E-state index in [0.717, 1.165) is 46.4 Å². The Kier molecular flexibility index (Phi) is 5.95. The van der Waals surface area contributed by atoms with Crippen LogP contribution in [0, 0.1) is 20.8 Å². The van der Waals surface area contributed by atoms with Crippen LogP contribution in [0.1, 0.15) is 41.4 Å². The van der Waals surface area contributed by atoms with Crippen LogP contribution in [0.15, 0.2) is 18.2 Å². The van der Waals surface area contributed by atoms with Crippen LogP contribution >= 0.6 is 0 Å². The van der Waals surface area contributed by atoms with E-state index in [1.165, 1.54) is 0 Å². The number of carbonyl (C=O) groups is 1. The van der Waals surface area contributed by atoms with Crippen LogP contribution in [0.3, 0.4) is 0 Å². The van der Waals surface area contributed by atoms with Gasteiger partial charge in [0.15, 0.2) is 11.5 Å². The third kappa shape index (κ3) is 3.97. The maximum atomic E-state index is 12.9. The molecule has 0 saturated carbocycles. The summed E-state index contributed by atoms with van der Waals surface area (Å²) >= 11 is 0. The third-order valence-electron chi connectivity index (χ3n) is 6.64. The van der Waals surface area contributed by atoms with E-state index in [0.29, 0.717) is 30.3 Å². The number of nitrogens with two attached hydrogens (primary N) is 1. The number of piperidine rings is 1. The lowest BCUT2D eigenvalue weighted by atomic mass is 9.91. The number of aromatic nitrogens is 3. The Morgan fingerprint density at radius 2 is 1.75 bits per heavy atom. The van der Waals surface area contributed by atoms with Crippen molar-refractivity contribution in [2.45, 2.75) is 46.1 Å². The van der Waals surface area contributed by atoms with E-state index in [9.17, 15) is 4.79 Å². The number of carbonyl (C=O) groups excluding carboxylic acids is 1. The van der Waals surface area contributed by atoms with Crippen molar-refractivity contribution in [3.05, 3.63) is 40.8 Å². The summed E-state index contributed by atoms with van der Waals surface area (Å²) in [5.74, 6) is 1.61. The number of nitrogen functional groups attached to an aromatic ring is 1. The molecule has 2 N–H and O–H groups in total. The Hall–Kier alpha value is -3.29. The van der Waals surface area contributed by atoms with Crippen LogP contribution in [-0.4, -0.2) is 52.9 Å². The van der Waals surface area contributed by atoms with E-state index in [2.05, 4.69) is 5.10 Å². The second kappa shape index (κ2) is 8.68. The predicted octanol–water partition coefficient (Wildman–Crippen LogP) is 3.36. The van der Waals surface area contributed by atoms with Crippen molar-refractivity contribution < 1.29 is 14.3 Å². The maximum Gasteiger partial charge on any atom is 0.244 e. The number of fused-ring (bicyclic) bond motifs is 1. The topological polar surface area (TPSA) is 95.5 Å². The van der Waals surface area contributed by atoms with Crippen LogP contribution in [0.2, 0.25) is 0 Å². The van der Waals surface area contributed by atoms with Gasteiger partial charge in [0.25, 0.3) is 0 Å². The van der Waals surface area contributed by atoms with Crippen LogP contribution in [0.4, 0.5) is 5.69 Å². The van der Waals surface area contributed by atoms with Gasteiger partial charge in [-0.3, -0.25) is 14.5 Å². The Morgan fingerprint density at radius 3 is 2.34 bits per heavy atom. The number of hydrogen-bond donors (Lipinski definition) is 1. The number of aryl methyl sites for hydroxylation is 1. The molecule has 2 aromatic heterocycles. The lowest BCUT2D eigenvalue weighted by molar-refractivity contribution is -0.133. The zero-order valence-electron chi connectivity index (χ0n) is 19.4. The lowest BCUT2D eigenvalue weighted by Crippen LogP contribution is -2.40. The zero-order chi connectivity index (χ0) is 23.0. The highest BCUT2D eigenvalue weighted by molar-refractivity contribution is 5.86. The van der Waals surface area contributed by atoms with Crippen LogP contribution in [0.25, 0.3) is 10.9 Å². The molecule has 3 aromatic rings. The van der Waals surface area contributed by atoms with Crippen molar-refractivity contribution >= 4 is 22.5 Å². The van der Waals surface area contributed by atoms with Gasteiger partial charge in [0.05, 0.1) is 36.8 Å². The SMILES string of the molecule is COc1cc2cc(N)c(C3CCN(C(=O)Cn4nc(C)c(C)c4C)CC3)nc2cc1OC. The maximum absolute atomic E-state index is 12.9. The molecule has 4 rings (SSSR count). The second-order valence-corrected chi connectivity index (χ2v) is 8.47. The fraction of sp³-hybridized carbons (Fsp3) is 0.458. The van der Waals surface area contributed by atoms with Crippen LogP contribution in [0.5, 0.6) is 11.5 Å². The van der Waals surface area contributed by atoms with Crippen molar-refractivity contribution in [1.29, 1.82) is 0 Å². The van der Waals surface area contributed by atoms with Crippen molar-refractivity contribution in [2.75, 3.05) is 33.0 Å². The predicted molar refractivity (Wildman–Crippen MR) is 124 cm³/mol. The first kappa shape index (κ1) is 21.9. The van der Waals surface area contributed by atoms with Gasteiger partial charge < -0.3 is 20.1 Å². The third-order valence-corrected chi connectivity index (χ3v) is 6.64. The summed E-state index contributed by atoms with van der Waals surface area (Å²) < 4.78 is 12.6. The summed E-state index contributed by atoms with van der Waals surface area (Å²) in [7, 11) is 3.22. The van der Waals surface area contributed by atoms with Gasteiger partial charge in [0, 0.05) is 36.2 Å². The zero-order valence-corrected chi connectivity index (χ0v) is 19.4. The number of ether oxygens (including phenoxy) is 2. The number of hydrogen-bond acceptors (Lipinski definition) is 6. The molecular formula is C24H31N5O3. The van der Waals surface area contributed by atoms with Gasteiger partial charge in [0.2, 0.25) is 5.91 Å². The number of pyridine rings is 1. The van der Waals surface area contributed by atoms with Crippen molar-refractivity contribution in [1.82, 2.24) is 19.7 Å². The fourth-order valence-corrected chi connectivity index (χ4v) is 4.43. The van der Waals surface area contributed by atoms with Gasteiger partial charge in [-0.25, -0.2) is 0 Å². The summed E-state index contributed by atoms with van der Waals surface area (Å²) in [4.78, 5) is 19.6. The number of amides is 1. The highest BCUT2D eigenvalue weighted by Crippen LogP contribution is 2.36. The average Bonchev–Trinajstić information content (AvgIpc) is 3.04. The van der Waals surface area contributed by atoms with Crippen LogP contribution < -0.4 is 15.2 Å². The number of nitrogens with zero attached hydrogens (tertiary/aromatic N) is 4. The molecule has 0 aliphatic carbocycles. The highest BCUT2D eigenvalue weighted by Gasteiger charge is 2.27. The summed E-state index contributed by atoms with van der Waals surface area (Å²) in [5, 5.41) is 5.41. The van der Waals surface area contributed by atoms with Gasteiger partial charge in [-0.1, -0.05) is 0 Å². The highest BCUT2D eigenvalue weighted by atomic mass is 16.5. The molecule has 0 bridgehead atoms. The minimum absolute atomic E-state index is 0.102. The molecule has 0 unspecified atom stereocenters. The minimum atomic E-state index is 0.102. The first-order valence-electron chi connectivity index (χ1n) is 10.9. The summed E-state index contributed by atoms with van der Waals surface area (Å²) in [6.07, 6.45) is 1.66. The van der Waals surface area contributed by atoms with E-state index < -0.39 is 0 Å². The molecule has 1 aromatic carbocycles. The largest absolute Gasteiger partial charge is 0.493 e. The molecule has 32 heavy (non-hydrogen) atoms. The molecule has 0 spiro atoms. The first-order chi connectivity index (χ1) is 15.3. The molecule has 8 heteroatoms. The van der Waals surface area contributed by atoms with E-state index in [1.807, 2.05) is 48.6 Å². The van der Waals surface area contributed by atoms with Gasteiger partial charge in [-0.05, 0) is 51.3 Å². The normalized spacial score (nSPS) is 14.7. The molecule has 1 saturated heterocycles. The quantitative estimate of drug-likeness (QED) is 0.658. The number of rotatable bonds is 5. The Bertz CT molecular complexity index is 1160. The number of methoxy groups -OCH3 is 2. The number of anilines is 1. The molecule has 3 heterocycles. The molecule has 8 nitrogen and oxygen atoms in total. The van der Waals surface area contributed by atoms with Crippen molar-refractivity contribution in [3.63, 3.8) is 0 Å². The molecule has 0 radical (unpaired) electrons. The molecular weight excluding hydrogens is 406 g/mol. The standard InChI is InChI=1S/C24H31N5O3/c1-14-15(2)27-29(16(14)3)13-23(30)28-8-6-17(7-9-28)24-19(25)10-18-11-21(31-4)22(32-5)12-20(18)26-24/h10-12,17H,6-9,13,25H2,1-5H3. The molecule has 1 aliphatic rings. The summed E-state index contributed by atoms with van der Waals surface area (Å²) in [5.41, 5.74) is 11.9. The summed E-state index contributed by atoms with van der Waals surface area (Å²) in [6, 6.07) is 5.72. The van der Waals surface area contributed by atoms with E-state index in [-0.39, 0.29) is 18.4 Å². The molecule has 1 fully saturated rings. The number of benzene rings is 1. The number of likely N-dealkylation sites (tertiary alicyclic amines) is 1. The second-order valence-electron chi connectivity index (χ2n) is 8.47. The average molecular weight is 438 g/mol. The monoisotopic (exact) mass is 437 g/mol. The van der Waals surface area contributed by atoms with Gasteiger partial charge >= 0.3 is 0 Å². The van der Waals surface area contributed by atoms with E-state index >= 15 is 0 Å². The first-order valence-corrected chi connectivity index (χ1v) is 10.9. The smallest absolute Gasteiger partial charge is 0.244 e. The summed E-state index contributed by atoms with van der Waals surface area (Å²) in [6.45, 7) is 7.68. The van der Waals surface area contributed by atoms with Crippen molar-refractivity contribution in [3.8, 4) is 11.5 Å². The molecule has 1 aliphatic heterocycles.